The first-order valence-electron chi connectivity index (χ1n) is 7.44. The molecule has 6 heteroatoms. The number of anilines is 1. The summed E-state index contributed by atoms with van der Waals surface area (Å²) < 4.78 is 0.760. The van der Waals surface area contributed by atoms with E-state index in [4.69, 9.17) is 11.6 Å². The van der Waals surface area contributed by atoms with Gasteiger partial charge in [-0.05, 0) is 70.7 Å². The molecule has 3 nitrogen and oxygen atoms in total. The third-order valence-electron chi connectivity index (χ3n) is 3.59. The van der Waals surface area contributed by atoms with E-state index in [1.54, 1.807) is 36.2 Å². The SMILES string of the molecule is CSc1ccc(C(=O)Nc2ccc(Cl)c(-c3ccccn3)c2)c(Br)c1. The maximum absolute atomic E-state index is 12.6. The van der Waals surface area contributed by atoms with Crippen molar-refractivity contribution in [1.29, 1.82) is 0 Å². The molecule has 126 valence electrons. The first-order chi connectivity index (χ1) is 12.1. The van der Waals surface area contributed by atoms with Crippen LogP contribution in [0.1, 0.15) is 10.4 Å². The maximum Gasteiger partial charge on any atom is 0.256 e. The van der Waals surface area contributed by atoms with Gasteiger partial charge in [-0.1, -0.05) is 17.7 Å². The summed E-state index contributed by atoms with van der Waals surface area (Å²) in [5, 5.41) is 3.50. The Labute approximate surface area is 164 Å². The van der Waals surface area contributed by atoms with Crippen molar-refractivity contribution >= 4 is 50.9 Å². The Balaban J connectivity index is 1.87. The number of pyridine rings is 1. The van der Waals surface area contributed by atoms with Gasteiger partial charge in [0, 0.05) is 26.8 Å². The maximum atomic E-state index is 12.6. The van der Waals surface area contributed by atoms with E-state index in [0.29, 0.717) is 16.3 Å². The number of nitrogens with one attached hydrogen (secondary N) is 1. The molecule has 1 aromatic heterocycles. The van der Waals surface area contributed by atoms with Crippen molar-refractivity contribution in [1.82, 2.24) is 4.98 Å². The average Bonchev–Trinajstić information content (AvgIpc) is 2.63. The minimum absolute atomic E-state index is 0.186. The fourth-order valence-electron chi connectivity index (χ4n) is 2.33. The lowest BCUT2D eigenvalue weighted by Crippen LogP contribution is -2.12. The van der Waals surface area contributed by atoms with E-state index in [1.807, 2.05) is 42.7 Å². The van der Waals surface area contributed by atoms with E-state index in [2.05, 4.69) is 26.2 Å². The van der Waals surface area contributed by atoms with Crippen molar-refractivity contribution in [2.45, 2.75) is 4.90 Å². The second-order valence-corrected chi connectivity index (χ2v) is 7.35. The average molecular weight is 434 g/mol. The van der Waals surface area contributed by atoms with Gasteiger partial charge in [-0.2, -0.15) is 0 Å². The third-order valence-corrected chi connectivity index (χ3v) is 5.30. The fourth-order valence-corrected chi connectivity index (χ4v) is 3.69. The molecule has 1 heterocycles. The van der Waals surface area contributed by atoms with Crippen LogP contribution in [0, 0.1) is 0 Å². The monoisotopic (exact) mass is 432 g/mol. The Morgan fingerprint density at radius 1 is 1.16 bits per heavy atom. The summed E-state index contributed by atoms with van der Waals surface area (Å²) >= 11 is 11.4. The zero-order valence-corrected chi connectivity index (χ0v) is 16.5. The molecule has 1 amide bonds. The Morgan fingerprint density at radius 3 is 2.68 bits per heavy atom. The van der Waals surface area contributed by atoms with Crippen LogP contribution in [0.3, 0.4) is 0 Å². The van der Waals surface area contributed by atoms with Gasteiger partial charge in [-0.15, -0.1) is 11.8 Å². The van der Waals surface area contributed by atoms with E-state index in [-0.39, 0.29) is 5.91 Å². The van der Waals surface area contributed by atoms with Gasteiger partial charge in [-0.25, -0.2) is 0 Å². The summed E-state index contributed by atoms with van der Waals surface area (Å²) in [4.78, 5) is 18.0. The zero-order chi connectivity index (χ0) is 17.8. The second kappa shape index (κ2) is 8.04. The van der Waals surface area contributed by atoms with Crippen LogP contribution in [0.15, 0.2) is 70.2 Å². The van der Waals surface area contributed by atoms with Gasteiger partial charge in [0.05, 0.1) is 16.3 Å². The molecule has 0 aliphatic heterocycles. The fraction of sp³-hybridized carbons (Fsp3) is 0.0526. The number of aromatic nitrogens is 1. The first kappa shape index (κ1) is 18.0. The van der Waals surface area contributed by atoms with Crippen molar-refractivity contribution < 1.29 is 4.79 Å². The topological polar surface area (TPSA) is 42.0 Å². The molecule has 0 saturated heterocycles. The number of hydrogen-bond acceptors (Lipinski definition) is 3. The minimum atomic E-state index is -0.186. The summed E-state index contributed by atoms with van der Waals surface area (Å²) in [6, 6.07) is 16.6. The number of benzene rings is 2. The predicted octanol–water partition coefficient (Wildman–Crippen LogP) is 6.14. The molecule has 0 atom stereocenters. The number of amides is 1. The van der Waals surface area contributed by atoms with Gasteiger partial charge < -0.3 is 5.32 Å². The molecule has 25 heavy (non-hydrogen) atoms. The van der Waals surface area contributed by atoms with Crippen LogP contribution in [-0.2, 0) is 0 Å². The normalized spacial score (nSPS) is 10.5. The molecule has 0 fully saturated rings. The van der Waals surface area contributed by atoms with Crippen LogP contribution >= 0.6 is 39.3 Å². The number of carbonyl (C=O) groups is 1. The lowest BCUT2D eigenvalue weighted by atomic mass is 10.1. The quantitative estimate of drug-likeness (QED) is 0.503. The third kappa shape index (κ3) is 4.24. The standard InChI is InChI=1S/C19H14BrClN2OS/c1-25-13-6-7-14(16(20)11-13)19(24)23-12-5-8-17(21)15(10-12)18-4-2-3-9-22-18/h2-11H,1H3,(H,23,24). The highest BCUT2D eigenvalue weighted by atomic mass is 79.9. The Morgan fingerprint density at radius 2 is 2.00 bits per heavy atom. The number of rotatable bonds is 4. The number of carbonyl (C=O) groups excluding carboxylic acids is 1. The highest BCUT2D eigenvalue weighted by Gasteiger charge is 2.12. The first-order valence-corrected chi connectivity index (χ1v) is 9.84. The summed E-state index contributed by atoms with van der Waals surface area (Å²) in [6.45, 7) is 0. The molecule has 1 N–H and O–H groups in total. The Hall–Kier alpha value is -1.82. The van der Waals surface area contributed by atoms with Crippen molar-refractivity contribution in [3.63, 3.8) is 0 Å². The lowest BCUT2D eigenvalue weighted by Gasteiger charge is -2.10. The minimum Gasteiger partial charge on any atom is -0.322 e. The molecular formula is C19H14BrClN2OS. The van der Waals surface area contributed by atoms with Crippen molar-refractivity contribution in [2.75, 3.05) is 11.6 Å². The van der Waals surface area contributed by atoms with E-state index < -0.39 is 0 Å². The van der Waals surface area contributed by atoms with Gasteiger partial charge in [0.15, 0.2) is 0 Å². The van der Waals surface area contributed by atoms with Crippen LogP contribution in [-0.4, -0.2) is 17.1 Å². The van der Waals surface area contributed by atoms with E-state index in [0.717, 1.165) is 20.6 Å². The number of nitrogens with zero attached hydrogens (tertiary/aromatic N) is 1. The van der Waals surface area contributed by atoms with Crippen molar-refractivity contribution in [3.05, 3.63) is 75.9 Å². The number of thioether (sulfide) groups is 1. The van der Waals surface area contributed by atoms with Gasteiger partial charge in [-0.3, -0.25) is 9.78 Å². The molecule has 0 aliphatic rings. The number of hydrogen-bond donors (Lipinski definition) is 1. The summed E-state index contributed by atoms with van der Waals surface area (Å²) in [5.74, 6) is -0.186. The van der Waals surface area contributed by atoms with Crippen LogP contribution in [0.4, 0.5) is 5.69 Å². The van der Waals surface area contributed by atoms with E-state index in [9.17, 15) is 4.79 Å². The van der Waals surface area contributed by atoms with Crippen molar-refractivity contribution in [3.8, 4) is 11.3 Å². The molecule has 0 aliphatic carbocycles. The van der Waals surface area contributed by atoms with Gasteiger partial charge >= 0.3 is 0 Å². The Kier molecular flexibility index (Phi) is 5.78. The molecule has 3 rings (SSSR count). The number of halogens is 2. The Bertz CT molecular complexity index is 919. The summed E-state index contributed by atoms with van der Waals surface area (Å²) in [7, 11) is 0. The van der Waals surface area contributed by atoms with Crippen LogP contribution < -0.4 is 5.32 Å². The molecule has 0 radical (unpaired) electrons. The molecule has 0 spiro atoms. The van der Waals surface area contributed by atoms with Crippen molar-refractivity contribution in [2.24, 2.45) is 0 Å². The van der Waals surface area contributed by atoms with Crippen LogP contribution in [0.25, 0.3) is 11.3 Å². The van der Waals surface area contributed by atoms with Crippen LogP contribution in [0.2, 0.25) is 5.02 Å². The molecule has 2 aromatic carbocycles. The highest BCUT2D eigenvalue weighted by Crippen LogP contribution is 2.30. The van der Waals surface area contributed by atoms with Gasteiger partial charge in [0.1, 0.15) is 0 Å². The summed E-state index contributed by atoms with van der Waals surface area (Å²) in [6.07, 6.45) is 3.70. The van der Waals surface area contributed by atoms with E-state index >= 15 is 0 Å². The second-order valence-electron chi connectivity index (χ2n) is 5.21. The van der Waals surface area contributed by atoms with Gasteiger partial charge in [0.2, 0.25) is 0 Å². The van der Waals surface area contributed by atoms with Crippen LogP contribution in [0.5, 0.6) is 0 Å². The lowest BCUT2D eigenvalue weighted by molar-refractivity contribution is 0.102. The zero-order valence-electron chi connectivity index (χ0n) is 13.3. The highest BCUT2D eigenvalue weighted by molar-refractivity contribution is 9.10. The molecule has 0 unspecified atom stereocenters. The molecule has 3 aromatic rings. The molecule has 0 saturated carbocycles. The smallest absolute Gasteiger partial charge is 0.256 e. The molecular weight excluding hydrogens is 420 g/mol. The van der Waals surface area contributed by atoms with E-state index in [1.165, 1.54) is 0 Å². The summed E-state index contributed by atoms with van der Waals surface area (Å²) in [5.41, 5.74) is 2.77. The predicted molar refractivity (Wildman–Crippen MR) is 109 cm³/mol. The van der Waals surface area contributed by atoms with Gasteiger partial charge in [0.25, 0.3) is 5.91 Å². The largest absolute Gasteiger partial charge is 0.322 e. The molecule has 0 bridgehead atoms.